The van der Waals surface area contributed by atoms with E-state index in [4.69, 9.17) is 47.0 Å². The highest BCUT2D eigenvalue weighted by atomic mass is 79.9. The lowest BCUT2D eigenvalue weighted by molar-refractivity contribution is -0.121. The van der Waals surface area contributed by atoms with Gasteiger partial charge in [-0.2, -0.15) is 0 Å². The summed E-state index contributed by atoms with van der Waals surface area (Å²) >= 11 is 26.6. The first-order chi connectivity index (χ1) is 12.7. The Bertz CT molecular complexity index is 770. The van der Waals surface area contributed by atoms with E-state index in [-0.39, 0.29) is 17.4 Å². The smallest absolute Gasteiger partial charge is 0.228 e. The quantitative estimate of drug-likeness (QED) is 0.285. The molecule has 0 fully saturated rings. The van der Waals surface area contributed by atoms with E-state index >= 15 is 0 Å². The van der Waals surface area contributed by atoms with Gasteiger partial charge in [0.15, 0.2) is 5.11 Å². The van der Waals surface area contributed by atoms with Gasteiger partial charge in [-0.25, -0.2) is 0 Å². The van der Waals surface area contributed by atoms with Gasteiger partial charge >= 0.3 is 0 Å². The lowest BCUT2D eigenvalue weighted by Crippen LogP contribution is -2.56. The molecule has 27 heavy (non-hydrogen) atoms. The molecule has 0 saturated carbocycles. The van der Waals surface area contributed by atoms with E-state index in [1.54, 1.807) is 0 Å². The minimum Gasteiger partial charge on any atom is -0.339 e. The van der Waals surface area contributed by atoms with Crippen LogP contribution in [-0.4, -0.2) is 21.0 Å². The minimum atomic E-state index is -1.78. The van der Waals surface area contributed by atoms with Gasteiger partial charge in [0.2, 0.25) is 9.70 Å². The summed E-state index contributed by atoms with van der Waals surface area (Å²) in [4.78, 5) is 12.3. The summed E-state index contributed by atoms with van der Waals surface area (Å²) < 4.78 is -0.842. The molecule has 0 aliphatic rings. The van der Waals surface area contributed by atoms with Crippen LogP contribution in [-0.2, 0) is 11.2 Å². The lowest BCUT2D eigenvalue weighted by atomic mass is 10.1. The molecular formula is C18H17BrCl3N3OS. The van der Waals surface area contributed by atoms with E-state index in [2.05, 4.69) is 31.9 Å². The number of halogens is 4. The largest absolute Gasteiger partial charge is 0.339 e. The van der Waals surface area contributed by atoms with Gasteiger partial charge in [-0.3, -0.25) is 4.79 Å². The molecule has 0 unspecified atom stereocenters. The van der Waals surface area contributed by atoms with Gasteiger partial charge in [0, 0.05) is 16.6 Å². The first-order valence-corrected chi connectivity index (χ1v) is 10.3. The van der Waals surface area contributed by atoms with Crippen molar-refractivity contribution < 1.29 is 4.79 Å². The third-order valence-electron chi connectivity index (χ3n) is 3.49. The van der Waals surface area contributed by atoms with Crippen molar-refractivity contribution in [3.8, 4) is 0 Å². The van der Waals surface area contributed by atoms with Crippen LogP contribution in [0.4, 0.5) is 5.69 Å². The van der Waals surface area contributed by atoms with Crippen molar-refractivity contribution in [3.05, 3.63) is 64.6 Å². The Hall–Kier alpha value is -1.05. The molecule has 0 aromatic heterocycles. The van der Waals surface area contributed by atoms with E-state index in [0.717, 1.165) is 15.7 Å². The van der Waals surface area contributed by atoms with Crippen molar-refractivity contribution in [3.63, 3.8) is 0 Å². The number of aryl methyl sites for hydroxylation is 1. The Labute approximate surface area is 187 Å². The molecule has 4 nitrogen and oxygen atoms in total. The molecule has 2 aromatic carbocycles. The average molecular weight is 510 g/mol. The van der Waals surface area contributed by atoms with Gasteiger partial charge in [-0.05, 0) is 48.5 Å². The highest BCUT2D eigenvalue weighted by molar-refractivity contribution is 9.10. The third-order valence-corrected chi connectivity index (χ3v) is 4.90. The highest BCUT2D eigenvalue weighted by Crippen LogP contribution is 2.29. The number of carbonyl (C=O) groups is 1. The molecule has 2 aromatic rings. The molecule has 0 radical (unpaired) electrons. The van der Waals surface area contributed by atoms with Crippen LogP contribution >= 0.6 is 63.0 Å². The van der Waals surface area contributed by atoms with Gasteiger partial charge in [0.1, 0.15) is 6.17 Å². The van der Waals surface area contributed by atoms with Crippen molar-refractivity contribution in [2.24, 2.45) is 0 Å². The molecule has 0 heterocycles. The summed E-state index contributed by atoms with van der Waals surface area (Å²) in [5.74, 6) is -0.255. The van der Waals surface area contributed by atoms with Crippen molar-refractivity contribution >= 4 is 79.7 Å². The summed E-state index contributed by atoms with van der Waals surface area (Å²) in [6, 6.07) is 17.1. The Kier molecular flexibility index (Phi) is 8.63. The van der Waals surface area contributed by atoms with Crippen LogP contribution in [0.5, 0.6) is 0 Å². The molecule has 0 saturated heterocycles. The molecule has 2 rings (SSSR count). The molecule has 1 atom stereocenters. The molecule has 0 bridgehead atoms. The molecular weight excluding hydrogens is 493 g/mol. The number of carbonyl (C=O) groups excluding carboxylic acids is 1. The van der Waals surface area contributed by atoms with Crippen molar-refractivity contribution in [1.29, 1.82) is 0 Å². The van der Waals surface area contributed by atoms with Crippen LogP contribution in [0.15, 0.2) is 59.1 Å². The number of benzene rings is 2. The number of anilines is 1. The number of thiocarbonyl (C=S) groups is 1. The Morgan fingerprint density at radius 2 is 1.67 bits per heavy atom. The predicted molar refractivity (Wildman–Crippen MR) is 120 cm³/mol. The van der Waals surface area contributed by atoms with E-state index in [9.17, 15) is 4.79 Å². The van der Waals surface area contributed by atoms with Gasteiger partial charge in [0.05, 0.1) is 0 Å². The zero-order chi connectivity index (χ0) is 19.9. The molecule has 9 heteroatoms. The van der Waals surface area contributed by atoms with Crippen LogP contribution in [0, 0.1) is 0 Å². The Morgan fingerprint density at radius 3 is 2.26 bits per heavy atom. The SMILES string of the molecule is O=C(CCc1ccccc1)N[C@@H](NC(=S)Nc1ccc(Br)cc1)C(Cl)(Cl)Cl. The number of nitrogens with one attached hydrogen (secondary N) is 3. The van der Waals surface area contributed by atoms with Crippen molar-refractivity contribution in [1.82, 2.24) is 10.6 Å². The topological polar surface area (TPSA) is 53.2 Å². The van der Waals surface area contributed by atoms with E-state index in [1.807, 2.05) is 54.6 Å². The number of amides is 1. The van der Waals surface area contributed by atoms with E-state index in [1.165, 1.54) is 0 Å². The van der Waals surface area contributed by atoms with Crippen LogP contribution in [0.3, 0.4) is 0 Å². The summed E-state index contributed by atoms with van der Waals surface area (Å²) in [7, 11) is 0. The molecule has 144 valence electrons. The predicted octanol–water partition coefficient (Wildman–Crippen LogP) is 5.18. The average Bonchev–Trinajstić information content (AvgIpc) is 2.61. The molecule has 1 amide bonds. The summed E-state index contributed by atoms with van der Waals surface area (Å²) in [6.45, 7) is 0. The second kappa shape index (κ2) is 10.5. The fraction of sp³-hybridized carbons (Fsp3) is 0.222. The second-order valence-electron chi connectivity index (χ2n) is 5.63. The van der Waals surface area contributed by atoms with Gasteiger partial charge < -0.3 is 16.0 Å². The molecule has 0 spiro atoms. The summed E-state index contributed by atoms with van der Waals surface area (Å²) in [5, 5.41) is 8.70. The van der Waals surface area contributed by atoms with Gasteiger partial charge in [-0.1, -0.05) is 81.1 Å². The number of alkyl halides is 3. The number of hydrogen-bond acceptors (Lipinski definition) is 2. The fourth-order valence-corrected chi connectivity index (χ4v) is 2.99. The normalized spacial score (nSPS) is 12.1. The highest BCUT2D eigenvalue weighted by Gasteiger charge is 2.34. The minimum absolute atomic E-state index is 0.219. The number of rotatable bonds is 6. The van der Waals surface area contributed by atoms with E-state index < -0.39 is 9.96 Å². The van der Waals surface area contributed by atoms with Crippen LogP contribution < -0.4 is 16.0 Å². The van der Waals surface area contributed by atoms with Crippen LogP contribution in [0.2, 0.25) is 0 Å². The van der Waals surface area contributed by atoms with Crippen LogP contribution in [0.1, 0.15) is 12.0 Å². The lowest BCUT2D eigenvalue weighted by Gasteiger charge is -2.27. The maximum atomic E-state index is 12.3. The maximum absolute atomic E-state index is 12.3. The standard InChI is InChI=1S/C18H17BrCl3N3OS/c19-13-7-9-14(10-8-13)23-17(27)25-16(18(20,21)22)24-15(26)11-6-12-4-2-1-3-5-12/h1-5,7-10,16H,6,11H2,(H,24,26)(H2,23,25,27)/t16-/m0/s1. The zero-order valence-electron chi connectivity index (χ0n) is 14.0. The fourth-order valence-electron chi connectivity index (χ4n) is 2.17. The Morgan fingerprint density at radius 1 is 1.04 bits per heavy atom. The van der Waals surface area contributed by atoms with Crippen molar-refractivity contribution in [2.75, 3.05) is 5.32 Å². The second-order valence-corrected chi connectivity index (χ2v) is 9.33. The summed E-state index contributed by atoms with van der Waals surface area (Å²) in [6.07, 6.45) is -0.141. The molecule has 3 N–H and O–H groups in total. The molecule has 0 aliphatic heterocycles. The summed E-state index contributed by atoms with van der Waals surface area (Å²) in [5.41, 5.74) is 1.81. The maximum Gasteiger partial charge on any atom is 0.228 e. The van der Waals surface area contributed by atoms with Crippen molar-refractivity contribution in [2.45, 2.75) is 22.8 Å². The van der Waals surface area contributed by atoms with Gasteiger partial charge in [-0.15, -0.1) is 0 Å². The molecule has 0 aliphatic carbocycles. The number of hydrogen-bond donors (Lipinski definition) is 3. The van der Waals surface area contributed by atoms with Crippen LogP contribution in [0.25, 0.3) is 0 Å². The Balaban J connectivity index is 1.91. The van der Waals surface area contributed by atoms with E-state index in [0.29, 0.717) is 6.42 Å². The van der Waals surface area contributed by atoms with Gasteiger partial charge in [0.25, 0.3) is 0 Å². The zero-order valence-corrected chi connectivity index (χ0v) is 18.7. The third kappa shape index (κ3) is 8.23. The first-order valence-electron chi connectivity index (χ1n) is 7.97. The monoisotopic (exact) mass is 507 g/mol. The first kappa shape index (κ1) is 22.2.